The van der Waals surface area contributed by atoms with E-state index < -0.39 is 0 Å². The van der Waals surface area contributed by atoms with E-state index in [-0.39, 0.29) is 17.5 Å². The van der Waals surface area contributed by atoms with Gasteiger partial charge in [0.05, 0.1) is 6.61 Å². The van der Waals surface area contributed by atoms with Gasteiger partial charge in [0, 0.05) is 6.42 Å². The lowest BCUT2D eigenvalue weighted by Crippen LogP contribution is -2.04. The molecule has 0 aliphatic carbocycles. The van der Waals surface area contributed by atoms with E-state index in [1.165, 1.54) is 12.1 Å². The standard InChI is InChI=1S/C11H14O3.C6H5F/c1-2-14-11(13)8-5-9-3-6-10(12)7-4-9;7-6-4-2-1-3-5-6/h3-4,6-7,12H,2,5,8H2,1H3;1-5H. The van der Waals surface area contributed by atoms with Gasteiger partial charge in [0.2, 0.25) is 0 Å². The summed E-state index contributed by atoms with van der Waals surface area (Å²) in [7, 11) is 0. The van der Waals surface area contributed by atoms with Crippen molar-refractivity contribution in [2.45, 2.75) is 19.8 Å². The summed E-state index contributed by atoms with van der Waals surface area (Å²) in [4.78, 5) is 11.0. The molecule has 0 bridgehead atoms. The molecule has 0 atom stereocenters. The number of hydrogen-bond donors (Lipinski definition) is 1. The zero-order valence-electron chi connectivity index (χ0n) is 12.0. The van der Waals surface area contributed by atoms with Gasteiger partial charge in [-0.1, -0.05) is 30.3 Å². The molecule has 0 fully saturated rings. The van der Waals surface area contributed by atoms with Crippen LogP contribution in [0.1, 0.15) is 18.9 Å². The monoisotopic (exact) mass is 290 g/mol. The lowest BCUT2D eigenvalue weighted by molar-refractivity contribution is -0.143. The molecule has 4 heteroatoms. The molecule has 0 radical (unpaired) electrons. The summed E-state index contributed by atoms with van der Waals surface area (Å²) in [6.45, 7) is 2.22. The van der Waals surface area contributed by atoms with Gasteiger partial charge in [0.25, 0.3) is 0 Å². The van der Waals surface area contributed by atoms with E-state index in [9.17, 15) is 9.18 Å². The Hall–Kier alpha value is -2.36. The second-order valence-electron chi connectivity index (χ2n) is 4.27. The van der Waals surface area contributed by atoms with Crippen molar-refractivity contribution in [3.05, 3.63) is 66.0 Å². The molecule has 0 heterocycles. The van der Waals surface area contributed by atoms with E-state index in [0.29, 0.717) is 19.4 Å². The normalized spacial score (nSPS) is 9.43. The Kier molecular flexibility index (Phi) is 7.58. The van der Waals surface area contributed by atoms with Crippen LogP contribution < -0.4 is 0 Å². The average molecular weight is 290 g/mol. The highest BCUT2D eigenvalue weighted by Gasteiger charge is 2.01. The summed E-state index contributed by atoms with van der Waals surface area (Å²) in [6.07, 6.45) is 1.04. The molecule has 0 spiro atoms. The van der Waals surface area contributed by atoms with Crippen LogP contribution in [0.5, 0.6) is 5.75 Å². The number of phenolic OH excluding ortho intramolecular Hbond substituents is 1. The first-order valence-corrected chi connectivity index (χ1v) is 6.76. The summed E-state index contributed by atoms with van der Waals surface area (Å²) in [5.41, 5.74) is 1.02. The van der Waals surface area contributed by atoms with Crippen molar-refractivity contribution in [3.8, 4) is 5.75 Å². The van der Waals surface area contributed by atoms with Crippen LogP contribution in [0.4, 0.5) is 4.39 Å². The van der Waals surface area contributed by atoms with Crippen molar-refractivity contribution >= 4 is 5.97 Å². The third-order valence-corrected chi connectivity index (χ3v) is 2.59. The van der Waals surface area contributed by atoms with Gasteiger partial charge in [-0.15, -0.1) is 0 Å². The number of aromatic hydroxyl groups is 1. The molecule has 0 saturated carbocycles. The first kappa shape index (κ1) is 16.7. The third-order valence-electron chi connectivity index (χ3n) is 2.59. The second kappa shape index (κ2) is 9.53. The average Bonchev–Trinajstić information content (AvgIpc) is 2.48. The molecule has 2 aromatic carbocycles. The number of halogens is 1. The number of ether oxygens (including phenoxy) is 1. The van der Waals surface area contributed by atoms with Crippen molar-refractivity contribution in [1.29, 1.82) is 0 Å². The van der Waals surface area contributed by atoms with Crippen molar-refractivity contribution in [2.75, 3.05) is 6.61 Å². The predicted molar refractivity (Wildman–Crippen MR) is 79.5 cm³/mol. The van der Waals surface area contributed by atoms with E-state index in [2.05, 4.69) is 0 Å². The Morgan fingerprint density at radius 2 is 1.71 bits per heavy atom. The molecular formula is C17H19FO3. The molecule has 0 aliphatic rings. The maximum atomic E-state index is 11.9. The van der Waals surface area contributed by atoms with E-state index in [1.54, 1.807) is 49.4 Å². The van der Waals surface area contributed by atoms with Gasteiger partial charge in [0.1, 0.15) is 11.6 Å². The summed E-state index contributed by atoms with van der Waals surface area (Å²) in [6, 6.07) is 14.8. The van der Waals surface area contributed by atoms with Gasteiger partial charge in [-0.2, -0.15) is 0 Å². The predicted octanol–water partition coefficient (Wildman–Crippen LogP) is 3.71. The van der Waals surface area contributed by atoms with Crippen LogP contribution in [-0.4, -0.2) is 17.7 Å². The number of esters is 1. The summed E-state index contributed by atoms with van der Waals surface area (Å²) < 4.78 is 16.7. The van der Waals surface area contributed by atoms with Gasteiger partial charge in [-0.3, -0.25) is 4.79 Å². The van der Waals surface area contributed by atoms with Crippen molar-refractivity contribution in [2.24, 2.45) is 0 Å². The van der Waals surface area contributed by atoms with Crippen molar-refractivity contribution in [1.82, 2.24) is 0 Å². The van der Waals surface area contributed by atoms with E-state index in [1.807, 2.05) is 0 Å². The molecule has 2 rings (SSSR count). The minimum Gasteiger partial charge on any atom is -0.508 e. The van der Waals surface area contributed by atoms with E-state index in [4.69, 9.17) is 9.84 Å². The first-order valence-electron chi connectivity index (χ1n) is 6.76. The minimum absolute atomic E-state index is 0.178. The molecule has 0 aromatic heterocycles. The maximum absolute atomic E-state index is 11.9. The van der Waals surface area contributed by atoms with E-state index >= 15 is 0 Å². The minimum atomic E-state index is -0.180. The van der Waals surface area contributed by atoms with Crippen LogP contribution >= 0.6 is 0 Å². The quantitative estimate of drug-likeness (QED) is 0.873. The zero-order chi connectivity index (χ0) is 15.5. The number of carbonyl (C=O) groups is 1. The van der Waals surface area contributed by atoms with Crippen molar-refractivity contribution in [3.63, 3.8) is 0 Å². The maximum Gasteiger partial charge on any atom is 0.306 e. The van der Waals surface area contributed by atoms with Gasteiger partial charge < -0.3 is 9.84 Å². The lowest BCUT2D eigenvalue weighted by Gasteiger charge is -2.02. The van der Waals surface area contributed by atoms with Crippen LogP contribution in [0.2, 0.25) is 0 Å². The molecule has 21 heavy (non-hydrogen) atoms. The number of phenols is 1. The van der Waals surface area contributed by atoms with Crippen molar-refractivity contribution < 1.29 is 19.0 Å². The van der Waals surface area contributed by atoms with Crippen LogP contribution in [-0.2, 0) is 16.0 Å². The highest BCUT2D eigenvalue weighted by atomic mass is 19.1. The molecule has 112 valence electrons. The highest BCUT2D eigenvalue weighted by Crippen LogP contribution is 2.11. The Bertz CT molecular complexity index is 523. The molecule has 0 unspecified atom stereocenters. The van der Waals surface area contributed by atoms with Crippen LogP contribution in [0.25, 0.3) is 0 Å². The molecular weight excluding hydrogens is 271 g/mol. The molecule has 1 N–H and O–H groups in total. The van der Waals surface area contributed by atoms with Gasteiger partial charge >= 0.3 is 5.97 Å². The summed E-state index contributed by atoms with van der Waals surface area (Å²) in [5, 5.41) is 9.03. The molecule has 0 saturated heterocycles. The smallest absolute Gasteiger partial charge is 0.306 e. The Morgan fingerprint density at radius 3 is 2.19 bits per heavy atom. The van der Waals surface area contributed by atoms with Crippen LogP contribution in [0.3, 0.4) is 0 Å². The molecule has 0 amide bonds. The number of carbonyl (C=O) groups excluding carboxylic acids is 1. The summed E-state index contributed by atoms with van der Waals surface area (Å²) >= 11 is 0. The Morgan fingerprint density at radius 1 is 1.10 bits per heavy atom. The zero-order valence-corrected chi connectivity index (χ0v) is 12.0. The number of aryl methyl sites for hydroxylation is 1. The first-order chi connectivity index (χ1) is 10.1. The van der Waals surface area contributed by atoms with E-state index in [0.717, 1.165) is 5.56 Å². The third kappa shape index (κ3) is 7.72. The lowest BCUT2D eigenvalue weighted by atomic mass is 10.1. The fraction of sp³-hybridized carbons (Fsp3) is 0.235. The van der Waals surface area contributed by atoms with Gasteiger partial charge in [-0.05, 0) is 43.2 Å². The second-order valence-corrected chi connectivity index (χ2v) is 4.27. The molecule has 2 aromatic rings. The molecule has 3 nitrogen and oxygen atoms in total. The molecule has 0 aliphatic heterocycles. The SMILES string of the molecule is CCOC(=O)CCc1ccc(O)cc1.Fc1ccccc1. The topological polar surface area (TPSA) is 46.5 Å². The Labute approximate surface area is 124 Å². The van der Waals surface area contributed by atoms with Gasteiger partial charge in [0.15, 0.2) is 0 Å². The number of rotatable bonds is 4. The van der Waals surface area contributed by atoms with Crippen LogP contribution in [0.15, 0.2) is 54.6 Å². The largest absolute Gasteiger partial charge is 0.508 e. The number of hydrogen-bond acceptors (Lipinski definition) is 3. The van der Waals surface area contributed by atoms with Crippen LogP contribution in [0, 0.1) is 5.82 Å². The highest BCUT2D eigenvalue weighted by molar-refractivity contribution is 5.69. The fourth-order valence-electron chi connectivity index (χ4n) is 1.56. The Balaban J connectivity index is 0.000000262. The van der Waals surface area contributed by atoms with Gasteiger partial charge in [-0.25, -0.2) is 4.39 Å². The fourth-order valence-corrected chi connectivity index (χ4v) is 1.56. The summed E-state index contributed by atoms with van der Waals surface area (Å²) in [5.74, 6) is -0.118. The number of benzene rings is 2.